The molecule has 0 spiro atoms. The molecule has 0 atom stereocenters. The van der Waals surface area contributed by atoms with Gasteiger partial charge in [-0.25, -0.2) is 0 Å². The van der Waals surface area contributed by atoms with Gasteiger partial charge in [0.2, 0.25) is 0 Å². The van der Waals surface area contributed by atoms with E-state index in [1.165, 1.54) is 47.9 Å². The maximum Gasteiger partial charge on any atom is -0.00173 e. The topological polar surface area (TPSA) is 26.0 Å². The van der Waals surface area contributed by atoms with Crippen molar-refractivity contribution in [2.75, 3.05) is 6.54 Å². The molecule has 0 heterocycles. The zero-order chi connectivity index (χ0) is 11.8. The summed E-state index contributed by atoms with van der Waals surface area (Å²) in [6, 6.07) is 4.59. The van der Waals surface area contributed by atoms with Crippen molar-refractivity contribution in [3.63, 3.8) is 0 Å². The van der Waals surface area contributed by atoms with Crippen molar-refractivity contribution in [1.29, 1.82) is 0 Å². The van der Waals surface area contributed by atoms with E-state index < -0.39 is 0 Å². The molecule has 1 nitrogen and oxygen atoms in total. The van der Waals surface area contributed by atoms with Gasteiger partial charge in [-0.2, -0.15) is 0 Å². The second-order valence-electron chi connectivity index (χ2n) is 5.61. The number of benzene rings is 1. The molecule has 0 aliphatic heterocycles. The Morgan fingerprint density at radius 3 is 2.06 bits per heavy atom. The third-order valence-corrected chi connectivity index (χ3v) is 4.24. The van der Waals surface area contributed by atoms with Gasteiger partial charge in [-0.1, -0.05) is 24.1 Å². The standard InChI is InChI=1S/C15H23N/c1-11-7-12(2)14(13(3)8-11)9-15(10-16)5-4-6-15/h7-8H,4-6,9-10,16H2,1-3H3. The van der Waals surface area contributed by atoms with Crippen LogP contribution in [0.15, 0.2) is 12.1 Å². The summed E-state index contributed by atoms with van der Waals surface area (Å²) < 4.78 is 0. The summed E-state index contributed by atoms with van der Waals surface area (Å²) in [7, 11) is 0. The Kier molecular flexibility index (Phi) is 3.07. The largest absolute Gasteiger partial charge is 0.330 e. The number of rotatable bonds is 3. The van der Waals surface area contributed by atoms with E-state index in [1.807, 2.05) is 0 Å². The third-order valence-electron chi connectivity index (χ3n) is 4.24. The Bertz CT molecular complexity index is 360. The summed E-state index contributed by atoms with van der Waals surface area (Å²) in [4.78, 5) is 0. The molecule has 1 saturated carbocycles. The smallest absolute Gasteiger partial charge is 0.00173 e. The van der Waals surface area contributed by atoms with Gasteiger partial charge in [-0.05, 0) is 68.7 Å². The fourth-order valence-corrected chi connectivity index (χ4v) is 2.99. The Morgan fingerprint density at radius 2 is 1.69 bits per heavy atom. The Balaban J connectivity index is 2.27. The zero-order valence-electron chi connectivity index (χ0n) is 10.8. The van der Waals surface area contributed by atoms with Crippen molar-refractivity contribution in [3.8, 4) is 0 Å². The maximum absolute atomic E-state index is 5.95. The molecular weight excluding hydrogens is 194 g/mol. The van der Waals surface area contributed by atoms with Crippen LogP contribution in [0.4, 0.5) is 0 Å². The van der Waals surface area contributed by atoms with Gasteiger partial charge in [0.05, 0.1) is 0 Å². The van der Waals surface area contributed by atoms with Crippen molar-refractivity contribution in [2.45, 2.75) is 46.5 Å². The van der Waals surface area contributed by atoms with E-state index in [9.17, 15) is 0 Å². The van der Waals surface area contributed by atoms with Crippen LogP contribution < -0.4 is 5.73 Å². The molecule has 16 heavy (non-hydrogen) atoms. The molecule has 0 unspecified atom stereocenters. The minimum atomic E-state index is 0.421. The van der Waals surface area contributed by atoms with E-state index in [1.54, 1.807) is 0 Å². The molecule has 0 amide bonds. The molecule has 0 aromatic heterocycles. The molecule has 0 bridgehead atoms. The van der Waals surface area contributed by atoms with Gasteiger partial charge in [-0.3, -0.25) is 0 Å². The molecule has 2 N–H and O–H groups in total. The SMILES string of the molecule is Cc1cc(C)c(CC2(CN)CCC2)c(C)c1. The van der Waals surface area contributed by atoms with E-state index in [0.717, 1.165) is 6.54 Å². The van der Waals surface area contributed by atoms with Crippen molar-refractivity contribution in [2.24, 2.45) is 11.1 Å². The lowest BCUT2D eigenvalue weighted by molar-refractivity contribution is 0.144. The van der Waals surface area contributed by atoms with E-state index in [4.69, 9.17) is 5.73 Å². The van der Waals surface area contributed by atoms with Crippen LogP contribution in [-0.4, -0.2) is 6.54 Å². The average Bonchev–Trinajstić information content (AvgIpc) is 2.14. The Hall–Kier alpha value is -0.820. The molecule has 1 fully saturated rings. The monoisotopic (exact) mass is 217 g/mol. The lowest BCUT2D eigenvalue weighted by atomic mass is 9.64. The molecule has 0 saturated heterocycles. The third kappa shape index (κ3) is 2.01. The van der Waals surface area contributed by atoms with Crippen LogP contribution in [-0.2, 0) is 6.42 Å². The Labute approximate surface area is 99.0 Å². The van der Waals surface area contributed by atoms with E-state index in [2.05, 4.69) is 32.9 Å². The predicted octanol–water partition coefficient (Wildman–Crippen LogP) is 3.28. The number of hydrogen-bond acceptors (Lipinski definition) is 1. The van der Waals surface area contributed by atoms with Gasteiger partial charge < -0.3 is 5.73 Å². The van der Waals surface area contributed by atoms with Crippen molar-refractivity contribution in [3.05, 3.63) is 34.4 Å². The molecule has 1 aliphatic rings. The first-order valence-electron chi connectivity index (χ1n) is 6.33. The average molecular weight is 217 g/mol. The molecule has 1 heteroatoms. The second-order valence-corrected chi connectivity index (χ2v) is 5.61. The normalized spacial score (nSPS) is 18.2. The summed E-state index contributed by atoms with van der Waals surface area (Å²) in [6.45, 7) is 7.49. The first-order chi connectivity index (χ1) is 7.56. The molecule has 1 aromatic carbocycles. The summed E-state index contributed by atoms with van der Waals surface area (Å²) in [5.41, 5.74) is 12.2. The molecule has 1 aromatic rings. The molecule has 88 valence electrons. The van der Waals surface area contributed by atoms with E-state index in [0.29, 0.717) is 5.41 Å². The van der Waals surface area contributed by atoms with Gasteiger partial charge in [0.25, 0.3) is 0 Å². The van der Waals surface area contributed by atoms with Crippen LogP contribution in [0, 0.1) is 26.2 Å². The highest BCUT2D eigenvalue weighted by Gasteiger charge is 2.36. The molecule has 1 aliphatic carbocycles. The fourth-order valence-electron chi connectivity index (χ4n) is 2.99. The van der Waals surface area contributed by atoms with Crippen LogP contribution in [0.5, 0.6) is 0 Å². The van der Waals surface area contributed by atoms with Crippen molar-refractivity contribution >= 4 is 0 Å². The number of aryl methyl sites for hydroxylation is 3. The van der Waals surface area contributed by atoms with Gasteiger partial charge in [0, 0.05) is 0 Å². The highest BCUT2D eigenvalue weighted by molar-refractivity contribution is 5.38. The van der Waals surface area contributed by atoms with E-state index in [-0.39, 0.29) is 0 Å². The first-order valence-corrected chi connectivity index (χ1v) is 6.33. The lowest BCUT2D eigenvalue weighted by Gasteiger charge is -2.42. The summed E-state index contributed by atoms with van der Waals surface area (Å²) in [5, 5.41) is 0. The minimum absolute atomic E-state index is 0.421. The van der Waals surface area contributed by atoms with Gasteiger partial charge >= 0.3 is 0 Å². The Morgan fingerprint density at radius 1 is 1.12 bits per heavy atom. The van der Waals surface area contributed by atoms with Crippen LogP contribution in [0.3, 0.4) is 0 Å². The maximum atomic E-state index is 5.95. The van der Waals surface area contributed by atoms with Crippen LogP contribution in [0.1, 0.15) is 41.5 Å². The highest BCUT2D eigenvalue weighted by atomic mass is 14.6. The van der Waals surface area contributed by atoms with Crippen LogP contribution >= 0.6 is 0 Å². The van der Waals surface area contributed by atoms with Gasteiger partial charge in [0.1, 0.15) is 0 Å². The zero-order valence-corrected chi connectivity index (χ0v) is 10.8. The van der Waals surface area contributed by atoms with Crippen LogP contribution in [0.25, 0.3) is 0 Å². The highest BCUT2D eigenvalue weighted by Crippen LogP contribution is 2.43. The number of hydrogen-bond donors (Lipinski definition) is 1. The second kappa shape index (κ2) is 4.21. The van der Waals surface area contributed by atoms with Crippen LogP contribution in [0.2, 0.25) is 0 Å². The fraction of sp³-hybridized carbons (Fsp3) is 0.600. The molecule has 2 rings (SSSR count). The van der Waals surface area contributed by atoms with Crippen molar-refractivity contribution < 1.29 is 0 Å². The molecular formula is C15H23N. The minimum Gasteiger partial charge on any atom is -0.330 e. The summed E-state index contributed by atoms with van der Waals surface area (Å²) in [6.07, 6.45) is 5.18. The lowest BCUT2D eigenvalue weighted by Crippen LogP contribution is -2.39. The summed E-state index contributed by atoms with van der Waals surface area (Å²) >= 11 is 0. The predicted molar refractivity (Wildman–Crippen MR) is 69.7 cm³/mol. The van der Waals surface area contributed by atoms with E-state index >= 15 is 0 Å². The first kappa shape index (κ1) is 11.7. The van der Waals surface area contributed by atoms with Gasteiger partial charge in [0.15, 0.2) is 0 Å². The van der Waals surface area contributed by atoms with Gasteiger partial charge in [-0.15, -0.1) is 0 Å². The summed E-state index contributed by atoms with van der Waals surface area (Å²) in [5.74, 6) is 0. The quantitative estimate of drug-likeness (QED) is 0.826. The number of nitrogens with two attached hydrogens (primary N) is 1. The van der Waals surface area contributed by atoms with Crippen molar-refractivity contribution in [1.82, 2.24) is 0 Å². The molecule has 0 radical (unpaired) electrons.